The lowest BCUT2D eigenvalue weighted by molar-refractivity contribution is -0.139. The third-order valence-corrected chi connectivity index (χ3v) is 5.65. The molecule has 2 N–H and O–H groups in total. The van der Waals surface area contributed by atoms with Gasteiger partial charge in [0.1, 0.15) is 6.04 Å². The van der Waals surface area contributed by atoms with Gasteiger partial charge in [0.15, 0.2) is 0 Å². The molecule has 2 aromatic carbocycles. The van der Waals surface area contributed by atoms with Crippen LogP contribution >= 0.6 is 23.2 Å². The highest BCUT2D eigenvalue weighted by Crippen LogP contribution is 2.46. The Morgan fingerprint density at radius 3 is 2.22 bits per heavy atom. The van der Waals surface area contributed by atoms with E-state index >= 15 is 0 Å². The van der Waals surface area contributed by atoms with E-state index in [2.05, 4.69) is 26.1 Å². The van der Waals surface area contributed by atoms with Crippen molar-refractivity contribution in [2.45, 2.75) is 51.1 Å². The Hall–Kier alpha value is -1.55. The van der Waals surface area contributed by atoms with Crippen LogP contribution in [0.2, 0.25) is 10.0 Å². The summed E-state index contributed by atoms with van der Waals surface area (Å²) in [5.41, 5.74) is 2.10. The number of aliphatic carboxylic acids is 1. The van der Waals surface area contributed by atoms with Gasteiger partial charge in [-0.2, -0.15) is 0 Å². The molecular formula is C22H25Cl2NO2. The van der Waals surface area contributed by atoms with Crippen LogP contribution in [0.1, 0.15) is 50.2 Å². The molecule has 0 aromatic heterocycles. The second kappa shape index (κ2) is 7.83. The van der Waals surface area contributed by atoms with Gasteiger partial charge in [-0.05, 0) is 47.2 Å². The van der Waals surface area contributed by atoms with Crippen molar-refractivity contribution in [1.29, 1.82) is 0 Å². The van der Waals surface area contributed by atoms with Crippen molar-refractivity contribution in [2.75, 3.05) is 0 Å². The van der Waals surface area contributed by atoms with Crippen molar-refractivity contribution in [3.63, 3.8) is 0 Å². The van der Waals surface area contributed by atoms with Gasteiger partial charge in [-0.3, -0.25) is 4.79 Å². The number of benzene rings is 2. The van der Waals surface area contributed by atoms with Crippen LogP contribution in [0.4, 0.5) is 0 Å². The highest BCUT2D eigenvalue weighted by molar-refractivity contribution is 6.30. The molecule has 3 rings (SSSR count). The molecule has 4 unspecified atom stereocenters. The van der Waals surface area contributed by atoms with E-state index < -0.39 is 12.0 Å². The summed E-state index contributed by atoms with van der Waals surface area (Å²) in [7, 11) is 0. The lowest BCUT2D eigenvalue weighted by atomic mass is 9.74. The van der Waals surface area contributed by atoms with Gasteiger partial charge in [0, 0.05) is 27.9 Å². The molecule has 0 spiro atoms. The first-order valence-corrected chi connectivity index (χ1v) is 9.91. The fourth-order valence-corrected chi connectivity index (χ4v) is 4.53. The number of rotatable bonds is 4. The first kappa shape index (κ1) is 20.2. The number of carboxylic acids is 1. The first-order chi connectivity index (χ1) is 12.7. The highest BCUT2D eigenvalue weighted by atomic mass is 35.5. The van der Waals surface area contributed by atoms with Crippen molar-refractivity contribution in [2.24, 2.45) is 5.41 Å². The van der Waals surface area contributed by atoms with Crippen LogP contribution in [-0.4, -0.2) is 23.2 Å². The van der Waals surface area contributed by atoms with Crippen molar-refractivity contribution >= 4 is 29.2 Å². The van der Waals surface area contributed by atoms with Crippen LogP contribution in [0.5, 0.6) is 0 Å². The fraction of sp³-hybridized carbons (Fsp3) is 0.409. The van der Waals surface area contributed by atoms with E-state index in [4.69, 9.17) is 23.2 Å². The molecule has 1 aliphatic rings. The van der Waals surface area contributed by atoms with E-state index in [-0.39, 0.29) is 23.3 Å². The Morgan fingerprint density at radius 1 is 1.00 bits per heavy atom. The maximum Gasteiger partial charge on any atom is 0.321 e. The van der Waals surface area contributed by atoms with Crippen LogP contribution in [-0.2, 0) is 4.79 Å². The molecule has 1 saturated heterocycles. The molecule has 0 saturated carbocycles. The molecule has 2 aromatic rings. The molecule has 1 fully saturated rings. The predicted molar refractivity (Wildman–Crippen MR) is 111 cm³/mol. The van der Waals surface area contributed by atoms with Gasteiger partial charge >= 0.3 is 5.97 Å². The fourth-order valence-electron chi connectivity index (χ4n) is 4.20. The SMILES string of the molecule is CC(C)(C)CC1NC(C(=O)O)C(c2cccc(Cl)c2)C1c1ccc(Cl)cc1. The number of carboxylic acid groups (broad SMARTS) is 1. The second-order valence-electron chi connectivity index (χ2n) is 8.51. The molecule has 4 atom stereocenters. The summed E-state index contributed by atoms with van der Waals surface area (Å²) in [5, 5.41) is 14.6. The second-order valence-corrected chi connectivity index (χ2v) is 9.38. The van der Waals surface area contributed by atoms with Gasteiger partial charge in [-0.15, -0.1) is 0 Å². The van der Waals surface area contributed by atoms with E-state index in [0.29, 0.717) is 10.0 Å². The predicted octanol–water partition coefficient (Wildman–Crippen LogP) is 5.72. The van der Waals surface area contributed by atoms with Gasteiger partial charge in [-0.1, -0.05) is 68.2 Å². The third kappa shape index (κ3) is 4.66. The van der Waals surface area contributed by atoms with Crippen LogP contribution in [0.15, 0.2) is 48.5 Å². The summed E-state index contributed by atoms with van der Waals surface area (Å²) in [5.74, 6) is -1.04. The first-order valence-electron chi connectivity index (χ1n) is 9.15. The molecule has 1 aliphatic heterocycles. The summed E-state index contributed by atoms with van der Waals surface area (Å²) in [6.45, 7) is 6.53. The number of nitrogens with one attached hydrogen (secondary N) is 1. The van der Waals surface area contributed by atoms with Crippen molar-refractivity contribution in [3.8, 4) is 0 Å². The maximum atomic E-state index is 12.1. The minimum Gasteiger partial charge on any atom is -0.480 e. The minimum atomic E-state index is -0.838. The quantitative estimate of drug-likeness (QED) is 0.683. The van der Waals surface area contributed by atoms with E-state index in [0.717, 1.165) is 17.5 Å². The standard InChI is InChI=1S/C22H25Cl2NO2/c1-22(2,3)12-17-18(13-7-9-15(23)10-8-13)19(20(25-17)21(26)27)14-5-4-6-16(24)11-14/h4-11,17-20,25H,12H2,1-3H3,(H,26,27). The average Bonchev–Trinajstić information content (AvgIpc) is 2.93. The van der Waals surface area contributed by atoms with E-state index in [1.165, 1.54) is 0 Å². The zero-order chi connectivity index (χ0) is 19.8. The minimum absolute atomic E-state index is 0.0149. The number of carbonyl (C=O) groups is 1. The Morgan fingerprint density at radius 2 is 1.67 bits per heavy atom. The Labute approximate surface area is 170 Å². The summed E-state index contributed by atoms with van der Waals surface area (Å²) in [4.78, 5) is 12.1. The number of hydrogen-bond acceptors (Lipinski definition) is 2. The molecule has 0 bridgehead atoms. The Kier molecular flexibility index (Phi) is 5.85. The van der Waals surface area contributed by atoms with Gasteiger partial charge in [0.2, 0.25) is 0 Å². The van der Waals surface area contributed by atoms with Crippen LogP contribution < -0.4 is 5.32 Å². The third-order valence-electron chi connectivity index (χ3n) is 5.16. The lowest BCUT2D eigenvalue weighted by Crippen LogP contribution is -2.39. The maximum absolute atomic E-state index is 12.1. The van der Waals surface area contributed by atoms with Crippen molar-refractivity contribution in [1.82, 2.24) is 5.32 Å². The highest BCUT2D eigenvalue weighted by Gasteiger charge is 2.48. The van der Waals surface area contributed by atoms with Crippen LogP contribution in [0, 0.1) is 5.41 Å². The van der Waals surface area contributed by atoms with Crippen LogP contribution in [0.25, 0.3) is 0 Å². The molecule has 0 radical (unpaired) electrons. The van der Waals surface area contributed by atoms with Gasteiger partial charge in [0.05, 0.1) is 0 Å². The molecular weight excluding hydrogens is 381 g/mol. The number of hydrogen-bond donors (Lipinski definition) is 2. The van der Waals surface area contributed by atoms with E-state index in [9.17, 15) is 9.90 Å². The molecule has 144 valence electrons. The van der Waals surface area contributed by atoms with Crippen LogP contribution in [0.3, 0.4) is 0 Å². The Bertz CT molecular complexity index is 814. The monoisotopic (exact) mass is 405 g/mol. The van der Waals surface area contributed by atoms with Gasteiger partial charge < -0.3 is 10.4 Å². The Balaban J connectivity index is 2.11. The molecule has 27 heavy (non-hydrogen) atoms. The summed E-state index contributed by atoms with van der Waals surface area (Å²) in [6.07, 6.45) is 0.862. The number of halogens is 2. The molecule has 3 nitrogen and oxygen atoms in total. The largest absolute Gasteiger partial charge is 0.480 e. The average molecular weight is 406 g/mol. The van der Waals surface area contributed by atoms with E-state index in [1.807, 2.05) is 48.5 Å². The van der Waals surface area contributed by atoms with E-state index in [1.54, 1.807) is 0 Å². The summed E-state index contributed by atoms with van der Waals surface area (Å²) in [6, 6.07) is 14.7. The lowest BCUT2D eigenvalue weighted by Gasteiger charge is -2.30. The summed E-state index contributed by atoms with van der Waals surface area (Å²) < 4.78 is 0. The topological polar surface area (TPSA) is 49.3 Å². The molecule has 0 amide bonds. The van der Waals surface area contributed by atoms with Crippen molar-refractivity contribution < 1.29 is 9.90 Å². The smallest absolute Gasteiger partial charge is 0.321 e. The van der Waals surface area contributed by atoms with Gasteiger partial charge in [-0.25, -0.2) is 0 Å². The zero-order valence-corrected chi connectivity index (χ0v) is 17.3. The van der Waals surface area contributed by atoms with Gasteiger partial charge in [0.25, 0.3) is 0 Å². The normalized spacial score (nSPS) is 25.5. The van der Waals surface area contributed by atoms with Crippen molar-refractivity contribution in [3.05, 3.63) is 69.7 Å². The summed E-state index contributed by atoms with van der Waals surface area (Å²) >= 11 is 12.3. The molecule has 1 heterocycles. The molecule has 5 heteroatoms. The molecule has 0 aliphatic carbocycles. The zero-order valence-electron chi connectivity index (χ0n) is 15.7.